The smallest absolute Gasteiger partial charge is 0.0562 e. The van der Waals surface area contributed by atoms with Crippen LogP contribution in [-0.2, 0) is 10.8 Å². The summed E-state index contributed by atoms with van der Waals surface area (Å²) in [5.74, 6) is 0. The van der Waals surface area contributed by atoms with Gasteiger partial charge in [0.05, 0.1) is 22.4 Å². The summed E-state index contributed by atoms with van der Waals surface area (Å²) in [7, 11) is 0. The maximum atomic E-state index is 2.51. The molecule has 9 aromatic rings. The first-order chi connectivity index (χ1) is 26.8. The second-order valence-electron chi connectivity index (χ2n) is 16.4. The van der Waals surface area contributed by atoms with Crippen LogP contribution in [0, 0.1) is 0 Å². The number of fused-ring (bicyclic) bond motifs is 9. The van der Waals surface area contributed by atoms with Crippen LogP contribution in [0.15, 0.2) is 182 Å². The van der Waals surface area contributed by atoms with Gasteiger partial charge in [-0.3, -0.25) is 0 Å². The Morgan fingerprint density at radius 3 is 1.80 bits per heavy atom. The Labute approximate surface area is 323 Å². The Balaban J connectivity index is 1.29. The molecule has 1 aliphatic carbocycles. The first-order valence-corrected chi connectivity index (χ1v) is 19.5. The van der Waals surface area contributed by atoms with Gasteiger partial charge in [0.2, 0.25) is 0 Å². The molecule has 0 saturated carbocycles. The van der Waals surface area contributed by atoms with Gasteiger partial charge in [-0.1, -0.05) is 167 Å². The van der Waals surface area contributed by atoms with Crippen LogP contribution in [0.1, 0.15) is 45.2 Å². The average Bonchev–Trinajstić information content (AvgIpc) is 3.55. The van der Waals surface area contributed by atoms with Gasteiger partial charge in [-0.15, -0.1) is 0 Å². The highest BCUT2D eigenvalue weighted by Crippen LogP contribution is 2.47. The lowest BCUT2D eigenvalue weighted by Crippen LogP contribution is -2.21. The fraction of sp³-hybridized carbons (Fsp3) is 0.132. The molecule has 8 aromatic carbocycles. The van der Waals surface area contributed by atoms with Crippen molar-refractivity contribution in [1.82, 2.24) is 4.57 Å². The third-order valence-corrected chi connectivity index (χ3v) is 11.9. The molecule has 55 heavy (non-hydrogen) atoms. The Morgan fingerprint density at radius 1 is 0.527 bits per heavy atom. The molecule has 0 amide bonds. The van der Waals surface area contributed by atoms with Crippen molar-refractivity contribution in [1.29, 1.82) is 0 Å². The lowest BCUT2D eigenvalue weighted by atomic mass is 9.76. The molecule has 0 N–H and O–H groups in total. The van der Waals surface area contributed by atoms with Gasteiger partial charge in [-0.25, -0.2) is 0 Å². The minimum Gasteiger partial charge on any atom is -0.310 e. The quantitative estimate of drug-likeness (QED) is 0.162. The first-order valence-electron chi connectivity index (χ1n) is 19.5. The van der Waals surface area contributed by atoms with Gasteiger partial charge < -0.3 is 9.47 Å². The number of anilines is 3. The van der Waals surface area contributed by atoms with E-state index in [9.17, 15) is 0 Å². The average molecular weight is 709 g/mol. The summed E-state index contributed by atoms with van der Waals surface area (Å²) < 4.78 is 2.51. The van der Waals surface area contributed by atoms with Crippen molar-refractivity contribution in [3.05, 3.63) is 193 Å². The van der Waals surface area contributed by atoms with Crippen LogP contribution in [0.5, 0.6) is 0 Å². The summed E-state index contributed by atoms with van der Waals surface area (Å²) in [6, 6.07) is 58.8. The van der Waals surface area contributed by atoms with Crippen molar-refractivity contribution in [3.63, 3.8) is 0 Å². The minimum absolute atomic E-state index is 0.0467. The van der Waals surface area contributed by atoms with Gasteiger partial charge in [-0.05, 0) is 92.4 Å². The standard InChI is InChI=1S/C53H44N2/c1-52(2,3)36-27-29-37(30-28-36)54(49-26-16-22-45-41-18-7-6-17-39(41)40-19-8-9-21-44(40)51(45)49)38-31-32-43-42-20-10-12-24-47(42)55(50(43)35-38)48-25-13-11-23-46(48)53(4)33-14-5-15-34-53/h5-33,35H,34H2,1-4H3. The van der Waals surface area contributed by atoms with Gasteiger partial charge >= 0.3 is 0 Å². The zero-order valence-electron chi connectivity index (χ0n) is 31.9. The van der Waals surface area contributed by atoms with E-state index in [4.69, 9.17) is 0 Å². The van der Waals surface area contributed by atoms with Crippen LogP contribution >= 0.6 is 0 Å². The number of hydrogen-bond donors (Lipinski definition) is 0. The van der Waals surface area contributed by atoms with Gasteiger partial charge in [0, 0.05) is 32.9 Å². The molecule has 1 unspecified atom stereocenters. The van der Waals surface area contributed by atoms with Crippen molar-refractivity contribution < 1.29 is 0 Å². The molecule has 2 nitrogen and oxygen atoms in total. The Bertz CT molecular complexity index is 2960. The normalized spacial score (nSPS) is 15.9. The van der Waals surface area contributed by atoms with E-state index in [-0.39, 0.29) is 10.8 Å². The number of hydrogen-bond acceptors (Lipinski definition) is 1. The van der Waals surface area contributed by atoms with E-state index >= 15 is 0 Å². The second-order valence-corrected chi connectivity index (χ2v) is 16.4. The molecular formula is C53H44N2. The highest BCUT2D eigenvalue weighted by atomic mass is 15.1. The molecule has 1 heterocycles. The zero-order chi connectivity index (χ0) is 37.3. The molecule has 1 aliphatic rings. The third-order valence-electron chi connectivity index (χ3n) is 11.9. The fourth-order valence-electron chi connectivity index (χ4n) is 9.10. The van der Waals surface area contributed by atoms with Crippen LogP contribution in [0.2, 0.25) is 0 Å². The molecule has 266 valence electrons. The molecule has 2 heteroatoms. The minimum atomic E-state index is -0.117. The van der Waals surface area contributed by atoms with Crippen molar-refractivity contribution in [2.75, 3.05) is 4.90 Å². The summed E-state index contributed by atoms with van der Waals surface area (Å²) in [4.78, 5) is 2.49. The largest absolute Gasteiger partial charge is 0.310 e. The van der Waals surface area contributed by atoms with Crippen molar-refractivity contribution in [2.45, 2.75) is 44.9 Å². The van der Waals surface area contributed by atoms with Crippen LogP contribution < -0.4 is 4.90 Å². The predicted molar refractivity (Wildman–Crippen MR) is 237 cm³/mol. The van der Waals surface area contributed by atoms with E-state index in [1.807, 2.05) is 0 Å². The second kappa shape index (κ2) is 12.6. The van der Waals surface area contributed by atoms with Crippen LogP contribution in [0.4, 0.5) is 17.1 Å². The summed E-state index contributed by atoms with van der Waals surface area (Å²) in [6.45, 7) is 9.22. The number of para-hydroxylation sites is 2. The molecule has 0 aliphatic heterocycles. The van der Waals surface area contributed by atoms with Crippen molar-refractivity contribution >= 4 is 71.2 Å². The summed E-state index contributed by atoms with van der Waals surface area (Å²) in [5.41, 5.74) is 9.61. The summed E-state index contributed by atoms with van der Waals surface area (Å²) in [6.07, 6.45) is 9.98. The van der Waals surface area contributed by atoms with E-state index in [1.165, 1.54) is 70.9 Å². The van der Waals surface area contributed by atoms with Gasteiger partial charge in [-0.2, -0.15) is 0 Å². The van der Waals surface area contributed by atoms with Crippen LogP contribution in [0.25, 0.3) is 59.8 Å². The third kappa shape index (κ3) is 5.31. The zero-order valence-corrected chi connectivity index (χ0v) is 31.9. The highest BCUT2D eigenvalue weighted by Gasteiger charge is 2.28. The molecule has 0 fully saturated rings. The van der Waals surface area contributed by atoms with Gasteiger partial charge in [0.1, 0.15) is 0 Å². The predicted octanol–water partition coefficient (Wildman–Crippen LogP) is 14.8. The molecule has 0 saturated heterocycles. The molecule has 10 rings (SSSR count). The van der Waals surface area contributed by atoms with E-state index in [0.717, 1.165) is 23.5 Å². The molecule has 1 aromatic heterocycles. The van der Waals surface area contributed by atoms with E-state index in [2.05, 4.69) is 219 Å². The summed E-state index contributed by atoms with van der Waals surface area (Å²) in [5, 5.41) is 10.1. The van der Waals surface area contributed by atoms with Crippen molar-refractivity contribution in [2.24, 2.45) is 0 Å². The van der Waals surface area contributed by atoms with Crippen LogP contribution in [0.3, 0.4) is 0 Å². The summed E-state index contributed by atoms with van der Waals surface area (Å²) >= 11 is 0. The van der Waals surface area contributed by atoms with E-state index in [1.54, 1.807) is 0 Å². The Hall–Kier alpha value is -6.38. The highest BCUT2D eigenvalue weighted by molar-refractivity contribution is 6.28. The lowest BCUT2D eigenvalue weighted by molar-refractivity contribution is 0.590. The molecule has 1 atom stereocenters. The molecule has 0 spiro atoms. The number of benzene rings is 8. The monoisotopic (exact) mass is 708 g/mol. The maximum absolute atomic E-state index is 2.51. The van der Waals surface area contributed by atoms with E-state index in [0.29, 0.717) is 0 Å². The van der Waals surface area contributed by atoms with Gasteiger partial charge in [0.15, 0.2) is 0 Å². The number of rotatable bonds is 5. The number of allylic oxidation sites excluding steroid dienone is 4. The maximum Gasteiger partial charge on any atom is 0.0562 e. The van der Waals surface area contributed by atoms with Gasteiger partial charge in [0.25, 0.3) is 0 Å². The Kier molecular flexibility index (Phi) is 7.61. The SMILES string of the molecule is CC(C)(C)c1ccc(N(c2ccc3c4ccccc4n(-c4ccccc4C4(C)C=CC=CC4)c3c2)c2cccc3c4ccccc4c4ccccc4c23)cc1. The molecular weight excluding hydrogens is 665 g/mol. The Morgan fingerprint density at radius 2 is 1.11 bits per heavy atom. The van der Waals surface area contributed by atoms with Crippen molar-refractivity contribution in [3.8, 4) is 5.69 Å². The molecule has 0 radical (unpaired) electrons. The van der Waals surface area contributed by atoms with Crippen LogP contribution in [-0.4, -0.2) is 4.57 Å². The lowest BCUT2D eigenvalue weighted by Gasteiger charge is -2.30. The number of nitrogens with zero attached hydrogens (tertiary/aromatic N) is 2. The number of aromatic nitrogens is 1. The first kappa shape index (κ1) is 33.2. The fourth-order valence-corrected chi connectivity index (χ4v) is 9.10. The molecule has 0 bridgehead atoms. The topological polar surface area (TPSA) is 8.17 Å². The van der Waals surface area contributed by atoms with E-state index < -0.39 is 0 Å².